The van der Waals surface area contributed by atoms with Crippen molar-refractivity contribution < 1.29 is 19.1 Å². The Bertz CT molecular complexity index is 793. The van der Waals surface area contributed by atoms with Gasteiger partial charge in [0.05, 0.1) is 0 Å². The van der Waals surface area contributed by atoms with Crippen LogP contribution in [0.15, 0.2) is 42.5 Å². The van der Waals surface area contributed by atoms with E-state index in [0.29, 0.717) is 16.5 Å². The predicted octanol–water partition coefficient (Wildman–Crippen LogP) is 3.20. The minimum atomic E-state index is -0.766. The van der Waals surface area contributed by atoms with Crippen molar-refractivity contribution in [3.05, 3.63) is 58.6 Å². The van der Waals surface area contributed by atoms with Crippen LogP contribution in [0.1, 0.15) is 25.0 Å². The molecule has 2 N–H and O–H groups in total. The summed E-state index contributed by atoms with van der Waals surface area (Å²) in [6.45, 7) is 5.26. The topological polar surface area (TPSA) is 76.7 Å². The highest BCUT2D eigenvalue weighted by Gasteiger charge is 2.15. The number of ether oxygens (including phenoxy) is 2. The molecule has 144 valence electrons. The molecular weight excluding hydrogens is 368 g/mol. The maximum Gasteiger partial charge on any atom is 0.279 e. The van der Waals surface area contributed by atoms with Crippen LogP contribution in [0.5, 0.6) is 11.5 Å². The molecule has 0 bridgehead atoms. The number of nitrogens with one attached hydrogen (secondary N) is 2. The zero-order chi connectivity index (χ0) is 19.8. The molecule has 2 aromatic carbocycles. The molecule has 0 radical (unpaired) electrons. The van der Waals surface area contributed by atoms with Gasteiger partial charge in [-0.2, -0.15) is 0 Å². The van der Waals surface area contributed by atoms with Crippen LogP contribution in [0.2, 0.25) is 5.02 Å². The van der Waals surface area contributed by atoms with Gasteiger partial charge in [-0.1, -0.05) is 30.7 Å². The number of carbonyl (C=O) groups is 2. The molecule has 6 nitrogen and oxygen atoms in total. The van der Waals surface area contributed by atoms with Gasteiger partial charge in [0.2, 0.25) is 0 Å². The van der Waals surface area contributed by atoms with E-state index in [1.807, 2.05) is 31.2 Å². The van der Waals surface area contributed by atoms with Gasteiger partial charge in [-0.05, 0) is 61.7 Å². The van der Waals surface area contributed by atoms with Crippen LogP contribution in [0.25, 0.3) is 0 Å². The Labute approximate surface area is 163 Å². The van der Waals surface area contributed by atoms with Crippen molar-refractivity contribution in [3.63, 3.8) is 0 Å². The first-order chi connectivity index (χ1) is 12.9. The third kappa shape index (κ3) is 6.49. The van der Waals surface area contributed by atoms with Crippen LogP contribution in [0.4, 0.5) is 0 Å². The number of hydrazine groups is 1. The Morgan fingerprint density at radius 2 is 1.74 bits per heavy atom. The zero-order valence-corrected chi connectivity index (χ0v) is 16.3. The molecule has 0 fully saturated rings. The first-order valence-corrected chi connectivity index (χ1v) is 9.00. The van der Waals surface area contributed by atoms with Gasteiger partial charge in [0.1, 0.15) is 11.5 Å². The van der Waals surface area contributed by atoms with Crippen molar-refractivity contribution in [1.82, 2.24) is 10.9 Å². The SMILES string of the molecule is CCc1ccc(O[C@H](C)C(=O)NNC(=O)COc2ccc(Cl)c(C)c2)cc1. The summed E-state index contributed by atoms with van der Waals surface area (Å²) in [6.07, 6.45) is 0.164. The number of rotatable bonds is 7. The lowest BCUT2D eigenvalue weighted by atomic mass is 10.2. The third-order valence-electron chi connectivity index (χ3n) is 3.84. The summed E-state index contributed by atoms with van der Waals surface area (Å²) in [4.78, 5) is 23.8. The summed E-state index contributed by atoms with van der Waals surface area (Å²) in [6, 6.07) is 12.6. The quantitative estimate of drug-likeness (QED) is 0.712. The number of hydrogen-bond donors (Lipinski definition) is 2. The summed E-state index contributed by atoms with van der Waals surface area (Å²) in [7, 11) is 0. The molecule has 0 aliphatic carbocycles. The molecule has 27 heavy (non-hydrogen) atoms. The Balaban J connectivity index is 1.74. The Kier molecular flexibility index (Phi) is 7.49. The van der Waals surface area contributed by atoms with Crippen molar-refractivity contribution in [2.24, 2.45) is 0 Å². The van der Waals surface area contributed by atoms with Crippen LogP contribution in [-0.2, 0) is 16.0 Å². The molecule has 0 spiro atoms. The molecule has 0 aliphatic rings. The summed E-state index contributed by atoms with van der Waals surface area (Å²) < 4.78 is 10.9. The van der Waals surface area contributed by atoms with Crippen molar-refractivity contribution in [1.29, 1.82) is 0 Å². The highest BCUT2D eigenvalue weighted by atomic mass is 35.5. The van der Waals surface area contributed by atoms with Gasteiger partial charge in [-0.25, -0.2) is 0 Å². The molecule has 2 rings (SSSR count). The summed E-state index contributed by atoms with van der Waals surface area (Å²) in [5.74, 6) is 0.147. The van der Waals surface area contributed by atoms with Crippen LogP contribution in [0.3, 0.4) is 0 Å². The molecule has 0 saturated carbocycles. The van der Waals surface area contributed by atoms with Crippen LogP contribution in [-0.4, -0.2) is 24.5 Å². The molecular formula is C20H23ClN2O4. The predicted molar refractivity (Wildman–Crippen MR) is 104 cm³/mol. The number of hydrogen-bond acceptors (Lipinski definition) is 4. The average Bonchev–Trinajstić information content (AvgIpc) is 2.67. The Hall–Kier alpha value is -2.73. The average molecular weight is 391 g/mol. The van der Waals surface area contributed by atoms with Crippen LogP contribution in [0, 0.1) is 6.92 Å². The fraction of sp³-hybridized carbons (Fsp3) is 0.300. The van der Waals surface area contributed by atoms with E-state index >= 15 is 0 Å². The lowest BCUT2D eigenvalue weighted by Gasteiger charge is -2.15. The standard InChI is InChI=1S/C20H23ClN2O4/c1-4-15-5-7-16(8-6-15)27-14(3)20(25)23-22-19(24)12-26-17-9-10-18(21)13(2)11-17/h5-11,14H,4,12H2,1-3H3,(H,22,24)(H,23,25)/t14-/m1/s1. The molecule has 0 unspecified atom stereocenters. The summed E-state index contributed by atoms with van der Waals surface area (Å²) >= 11 is 5.94. The van der Waals surface area contributed by atoms with E-state index in [1.54, 1.807) is 25.1 Å². The van der Waals surface area contributed by atoms with Gasteiger partial charge in [-0.15, -0.1) is 0 Å². The molecule has 0 aromatic heterocycles. The minimum Gasteiger partial charge on any atom is -0.484 e. The first-order valence-electron chi connectivity index (χ1n) is 8.62. The molecule has 2 amide bonds. The maximum atomic E-state index is 12.0. The fourth-order valence-corrected chi connectivity index (χ4v) is 2.30. The maximum absolute atomic E-state index is 12.0. The lowest BCUT2D eigenvalue weighted by Crippen LogP contribution is -2.48. The van der Waals surface area contributed by atoms with Crippen molar-refractivity contribution in [2.75, 3.05) is 6.61 Å². The second-order valence-electron chi connectivity index (χ2n) is 5.99. The monoisotopic (exact) mass is 390 g/mol. The largest absolute Gasteiger partial charge is 0.484 e. The highest BCUT2D eigenvalue weighted by Crippen LogP contribution is 2.20. The summed E-state index contributed by atoms with van der Waals surface area (Å²) in [5, 5.41) is 0.623. The van der Waals surface area contributed by atoms with Gasteiger partial charge in [0.25, 0.3) is 11.8 Å². The van der Waals surface area contributed by atoms with E-state index in [0.717, 1.165) is 12.0 Å². The Morgan fingerprint density at radius 1 is 1.07 bits per heavy atom. The number of amides is 2. The lowest BCUT2D eigenvalue weighted by molar-refractivity contribution is -0.133. The van der Waals surface area contributed by atoms with Crippen molar-refractivity contribution in [2.45, 2.75) is 33.3 Å². The fourth-order valence-electron chi connectivity index (χ4n) is 2.19. The van der Waals surface area contributed by atoms with E-state index < -0.39 is 17.9 Å². The van der Waals surface area contributed by atoms with Crippen molar-refractivity contribution in [3.8, 4) is 11.5 Å². The van der Waals surface area contributed by atoms with E-state index in [9.17, 15) is 9.59 Å². The molecule has 7 heteroatoms. The number of aryl methyl sites for hydroxylation is 2. The molecule has 2 aromatic rings. The van der Waals surface area contributed by atoms with Crippen molar-refractivity contribution >= 4 is 23.4 Å². The van der Waals surface area contributed by atoms with Crippen LogP contribution >= 0.6 is 11.6 Å². The van der Waals surface area contributed by atoms with E-state index in [1.165, 1.54) is 5.56 Å². The molecule has 0 aliphatic heterocycles. The first kappa shape index (κ1) is 20.6. The Morgan fingerprint density at radius 3 is 2.37 bits per heavy atom. The molecule has 0 saturated heterocycles. The minimum absolute atomic E-state index is 0.241. The molecule has 1 atom stereocenters. The van der Waals surface area contributed by atoms with Gasteiger partial charge >= 0.3 is 0 Å². The number of benzene rings is 2. The highest BCUT2D eigenvalue weighted by molar-refractivity contribution is 6.31. The van der Waals surface area contributed by atoms with Gasteiger partial charge in [-0.3, -0.25) is 20.4 Å². The normalized spacial score (nSPS) is 11.4. The number of carbonyl (C=O) groups excluding carboxylic acids is 2. The van der Waals surface area contributed by atoms with E-state index in [2.05, 4.69) is 17.8 Å². The van der Waals surface area contributed by atoms with Crippen LogP contribution < -0.4 is 20.3 Å². The smallest absolute Gasteiger partial charge is 0.279 e. The van der Waals surface area contributed by atoms with Gasteiger partial charge in [0, 0.05) is 5.02 Å². The second-order valence-corrected chi connectivity index (χ2v) is 6.40. The van der Waals surface area contributed by atoms with Gasteiger partial charge < -0.3 is 9.47 Å². The van der Waals surface area contributed by atoms with Gasteiger partial charge in [0.15, 0.2) is 12.7 Å². The third-order valence-corrected chi connectivity index (χ3v) is 4.26. The second kappa shape index (κ2) is 9.83. The summed E-state index contributed by atoms with van der Waals surface area (Å²) in [5.41, 5.74) is 6.64. The molecule has 0 heterocycles. The van der Waals surface area contributed by atoms with E-state index in [4.69, 9.17) is 21.1 Å². The zero-order valence-electron chi connectivity index (χ0n) is 15.5. The number of halogens is 1. The van der Waals surface area contributed by atoms with E-state index in [-0.39, 0.29) is 6.61 Å².